The highest BCUT2D eigenvalue weighted by molar-refractivity contribution is 5.77. The Morgan fingerprint density at radius 3 is 2.33 bits per heavy atom. The zero-order chi connectivity index (χ0) is 10.6. The lowest BCUT2D eigenvalue weighted by Gasteiger charge is -2.42. The van der Waals surface area contributed by atoms with E-state index in [1.54, 1.807) is 0 Å². The Bertz CT molecular complexity index is 290. The number of carbonyl (C=O) groups is 1. The van der Waals surface area contributed by atoms with Crippen molar-refractivity contribution in [2.24, 2.45) is 0 Å². The van der Waals surface area contributed by atoms with E-state index in [9.17, 15) is 4.79 Å². The Morgan fingerprint density at radius 2 is 1.87 bits per heavy atom. The van der Waals surface area contributed by atoms with Gasteiger partial charge in [-0.05, 0) is 32.7 Å². The van der Waals surface area contributed by atoms with Crippen molar-refractivity contribution in [3.63, 3.8) is 0 Å². The number of rotatable bonds is 0. The van der Waals surface area contributed by atoms with Gasteiger partial charge >= 0.3 is 6.03 Å². The molecule has 2 amide bonds. The fraction of sp³-hybridized carbons (Fsp3) is 0.909. The maximum Gasteiger partial charge on any atom is 0.317 e. The second kappa shape index (κ2) is 2.88. The molecular weight excluding hydrogens is 190 g/mol. The Morgan fingerprint density at radius 1 is 1.27 bits per heavy atom. The number of piperidine rings is 1. The van der Waals surface area contributed by atoms with Crippen LogP contribution >= 0.6 is 0 Å². The molecule has 15 heavy (non-hydrogen) atoms. The van der Waals surface area contributed by atoms with E-state index in [2.05, 4.69) is 17.3 Å². The van der Waals surface area contributed by atoms with Gasteiger partial charge in [0.1, 0.15) is 0 Å². The van der Waals surface area contributed by atoms with Crippen molar-refractivity contribution in [3.05, 3.63) is 0 Å². The number of amides is 2. The monoisotopic (exact) mass is 209 g/mol. The van der Waals surface area contributed by atoms with Gasteiger partial charge in [0.05, 0.1) is 5.54 Å². The summed E-state index contributed by atoms with van der Waals surface area (Å²) in [4.78, 5) is 15.9. The van der Waals surface area contributed by atoms with Crippen LogP contribution in [0.1, 0.15) is 25.7 Å². The molecule has 4 heteroatoms. The third-order valence-corrected chi connectivity index (χ3v) is 4.50. The summed E-state index contributed by atoms with van der Waals surface area (Å²) in [5, 5.41) is 3.20. The molecule has 1 N–H and O–H groups in total. The van der Waals surface area contributed by atoms with Gasteiger partial charge in [-0.1, -0.05) is 0 Å². The van der Waals surface area contributed by atoms with Crippen molar-refractivity contribution in [3.8, 4) is 0 Å². The zero-order valence-electron chi connectivity index (χ0n) is 9.49. The van der Waals surface area contributed by atoms with Gasteiger partial charge < -0.3 is 15.1 Å². The first-order valence-electron chi connectivity index (χ1n) is 5.85. The van der Waals surface area contributed by atoms with Gasteiger partial charge in [-0.3, -0.25) is 0 Å². The van der Waals surface area contributed by atoms with Crippen LogP contribution in [0, 0.1) is 0 Å². The van der Waals surface area contributed by atoms with Gasteiger partial charge in [0.15, 0.2) is 0 Å². The third kappa shape index (κ3) is 1.27. The first-order valence-corrected chi connectivity index (χ1v) is 5.85. The molecule has 84 valence electrons. The normalized spacial score (nSPS) is 45.2. The molecular formula is C11H19N3O. The van der Waals surface area contributed by atoms with E-state index in [-0.39, 0.29) is 11.6 Å². The number of hydrogen-bond acceptors (Lipinski definition) is 2. The van der Waals surface area contributed by atoms with Crippen molar-refractivity contribution in [1.29, 1.82) is 0 Å². The Balaban J connectivity index is 1.83. The Labute approximate surface area is 90.6 Å². The highest BCUT2D eigenvalue weighted by Crippen LogP contribution is 2.41. The van der Waals surface area contributed by atoms with E-state index in [1.807, 2.05) is 11.9 Å². The van der Waals surface area contributed by atoms with E-state index in [4.69, 9.17) is 0 Å². The molecule has 3 fully saturated rings. The molecule has 2 unspecified atom stereocenters. The lowest BCUT2D eigenvalue weighted by molar-refractivity contribution is 0.105. The van der Waals surface area contributed by atoms with Crippen molar-refractivity contribution < 1.29 is 4.79 Å². The topological polar surface area (TPSA) is 35.6 Å². The lowest BCUT2D eigenvalue weighted by Crippen LogP contribution is -2.56. The standard InChI is InChI=1S/C11H19N3O/c1-13-7-11(12-10(13)15)5-8-3-4-9(6-11)14(8)2/h8-9H,3-7H2,1-2H3,(H,12,15). The van der Waals surface area contributed by atoms with Gasteiger partial charge in [-0.15, -0.1) is 0 Å². The summed E-state index contributed by atoms with van der Waals surface area (Å²) in [7, 11) is 4.12. The SMILES string of the molecule is CN1CC2(CC3CCC(C2)N3C)NC1=O. The molecule has 0 aliphatic carbocycles. The smallest absolute Gasteiger partial charge is 0.317 e. The molecule has 3 aliphatic heterocycles. The second-order valence-electron chi connectivity index (χ2n) is 5.53. The highest BCUT2D eigenvalue weighted by Gasteiger charge is 2.51. The van der Waals surface area contributed by atoms with Crippen LogP contribution in [0.15, 0.2) is 0 Å². The molecule has 0 aromatic heterocycles. The van der Waals surface area contributed by atoms with Crippen LogP contribution < -0.4 is 5.32 Å². The van der Waals surface area contributed by atoms with Crippen LogP contribution in [0.2, 0.25) is 0 Å². The first-order chi connectivity index (χ1) is 7.10. The van der Waals surface area contributed by atoms with Crippen molar-refractivity contribution >= 4 is 6.03 Å². The average molecular weight is 209 g/mol. The van der Waals surface area contributed by atoms with Gasteiger partial charge in [0.25, 0.3) is 0 Å². The molecule has 0 radical (unpaired) electrons. The summed E-state index contributed by atoms with van der Waals surface area (Å²) >= 11 is 0. The summed E-state index contributed by atoms with van der Waals surface area (Å²) in [6, 6.07) is 1.49. The Hall–Kier alpha value is -0.770. The number of fused-ring (bicyclic) bond motifs is 2. The Kier molecular flexibility index (Phi) is 1.81. The van der Waals surface area contributed by atoms with Crippen LogP contribution in [-0.4, -0.2) is 54.1 Å². The molecule has 3 saturated heterocycles. The summed E-state index contributed by atoms with van der Waals surface area (Å²) in [5.41, 5.74) is 0.0875. The summed E-state index contributed by atoms with van der Waals surface area (Å²) in [5.74, 6) is 0. The quantitative estimate of drug-likeness (QED) is 0.635. The van der Waals surface area contributed by atoms with E-state index in [0.717, 1.165) is 19.4 Å². The number of carbonyl (C=O) groups excluding carboxylic acids is 1. The lowest BCUT2D eigenvalue weighted by atomic mass is 9.84. The van der Waals surface area contributed by atoms with E-state index in [0.29, 0.717) is 12.1 Å². The molecule has 3 aliphatic rings. The van der Waals surface area contributed by atoms with Crippen LogP contribution in [0.5, 0.6) is 0 Å². The molecule has 0 aromatic carbocycles. The van der Waals surface area contributed by atoms with Gasteiger partial charge in [0, 0.05) is 25.7 Å². The predicted octanol–water partition coefficient (Wildman–Crippen LogP) is 0.637. The third-order valence-electron chi connectivity index (χ3n) is 4.50. The van der Waals surface area contributed by atoms with Gasteiger partial charge in [-0.25, -0.2) is 4.79 Å². The molecule has 2 atom stereocenters. The molecule has 0 saturated carbocycles. The zero-order valence-corrected chi connectivity index (χ0v) is 9.49. The maximum atomic E-state index is 11.6. The van der Waals surface area contributed by atoms with Crippen LogP contribution in [0.4, 0.5) is 4.79 Å². The van der Waals surface area contributed by atoms with Crippen molar-refractivity contribution in [2.45, 2.75) is 43.3 Å². The number of nitrogens with one attached hydrogen (secondary N) is 1. The van der Waals surface area contributed by atoms with Gasteiger partial charge in [0.2, 0.25) is 0 Å². The second-order valence-corrected chi connectivity index (χ2v) is 5.53. The summed E-state index contributed by atoms with van der Waals surface area (Å²) in [6.45, 7) is 0.896. The van der Waals surface area contributed by atoms with Crippen LogP contribution in [0.3, 0.4) is 0 Å². The molecule has 0 aromatic rings. The van der Waals surface area contributed by atoms with Crippen LogP contribution in [-0.2, 0) is 0 Å². The van der Waals surface area contributed by atoms with E-state index in [1.165, 1.54) is 12.8 Å². The summed E-state index contributed by atoms with van der Waals surface area (Å²) in [6.07, 6.45) is 4.89. The van der Waals surface area contributed by atoms with Gasteiger partial charge in [-0.2, -0.15) is 0 Å². The number of nitrogens with zero attached hydrogens (tertiary/aromatic N) is 2. The minimum Gasteiger partial charge on any atom is -0.331 e. The number of likely N-dealkylation sites (N-methyl/N-ethyl adjacent to an activating group) is 1. The highest BCUT2D eigenvalue weighted by atomic mass is 16.2. The van der Waals surface area contributed by atoms with Crippen molar-refractivity contribution in [2.75, 3.05) is 20.6 Å². The number of urea groups is 1. The molecule has 2 bridgehead atoms. The van der Waals surface area contributed by atoms with Crippen molar-refractivity contribution in [1.82, 2.24) is 15.1 Å². The summed E-state index contributed by atoms with van der Waals surface area (Å²) < 4.78 is 0. The van der Waals surface area contributed by atoms with E-state index >= 15 is 0 Å². The molecule has 3 heterocycles. The van der Waals surface area contributed by atoms with E-state index < -0.39 is 0 Å². The average Bonchev–Trinajstić information content (AvgIpc) is 2.57. The fourth-order valence-electron chi connectivity index (χ4n) is 3.69. The minimum absolute atomic E-state index is 0.0875. The molecule has 3 rings (SSSR count). The first kappa shape index (κ1) is 9.46. The maximum absolute atomic E-state index is 11.6. The molecule has 1 spiro atoms. The minimum atomic E-state index is 0.0875. The fourth-order valence-corrected chi connectivity index (χ4v) is 3.69. The van der Waals surface area contributed by atoms with Crippen LogP contribution in [0.25, 0.3) is 0 Å². The molecule has 4 nitrogen and oxygen atoms in total. The predicted molar refractivity (Wildman–Crippen MR) is 57.7 cm³/mol. The largest absolute Gasteiger partial charge is 0.331 e. The number of hydrogen-bond donors (Lipinski definition) is 1.